The van der Waals surface area contributed by atoms with Gasteiger partial charge in [0.05, 0.1) is 17.9 Å². The largest absolute Gasteiger partial charge is 0.515 e. The van der Waals surface area contributed by atoms with E-state index in [2.05, 4.69) is 4.99 Å². The Morgan fingerprint density at radius 1 is 1.54 bits per heavy atom. The molecule has 1 fully saturated rings. The maximum Gasteiger partial charge on any atom is 0.172 e. The molecule has 2 atom stereocenters. The van der Waals surface area contributed by atoms with Crippen LogP contribution in [-0.4, -0.2) is 22.6 Å². The number of carbonyl (C=O) groups excluding carboxylic acids is 1. The molecule has 1 heterocycles. The third-order valence-corrected chi connectivity index (χ3v) is 2.96. The number of hydrogen-bond acceptors (Lipinski definition) is 3. The van der Waals surface area contributed by atoms with Crippen LogP contribution in [0.2, 0.25) is 0 Å². The summed E-state index contributed by atoms with van der Waals surface area (Å²) in [5, 5.41) is 8.89. The summed E-state index contributed by atoms with van der Waals surface area (Å²) in [7, 11) is 0. The Hall–Kier alpha value is -1.12. The SMILES string of the molecule is CC1=NC2CCCC2C(=O)/C1=C\O. The number of aliphatic hydroxyl groups is 1. The molecule has 1 N–H and O–H groups in total. The Morgan fingerprint density at radius 3 is 3.00 bits per heavy atom. The Labute approximate surface area is 77.2 Å². The number of rotatable bonds is 0. The number of aliphatic imine (C=N–C) groups is 1. The van der Waals surface area contributed by atoms with Crippen LogP contribution in [0.3, 0.4) is 0 Å². The molecule has 0 radical (unpaired) electrons. The van der Waals surface area contributed by atoms with E-state index in [4.69, 9.17) is 5.11 Å². The molecule has 70 valence electrons. The average Bonchev–Trinajstić information content (AvgIpc) is 2.53. The van der Waals surface area contributed by atoms with Crippen molar-refractivity contribution in [1.82, 2.24) is 0 Å². The topological polar surface area (TPSA) is 49.7 Å². The summed E-state index contributed by atoms with van der Waals surface area (Å²) in [6, 6.07) is 0.191. The maximum absolute atomic E-state index is 11.7. The lowest BCUT2D eigenvalue weighted by molar-refractivity contribution is -0.119. The number of aliphatic hydroxyl groups excluding tert-OH is 1. The van der Waals surface area contributed by atoms with Gasteiger partial charge >= 0.3 is 0 Å². The van der Waals surface area contributed by atoms with Crippen LogP contribution in [0.4, 0.5) is 0 Å². The van der Waals surface area contributed by atoms with E-state index in [1.807, 2.05) is 0 Å². The number of fused-ring (bicyclic) bond motifs is 1. The zero-order valence-electron chi connectivity index (χ0n) is 7.66. The van der Waals surface area contributed by atoms with Gasteiger partial charge in [0.1, 0.15) is 0 Å². The zero-order valence-corrected chi connectivity index (χ0v) is 7.66. The first-order chi connectivity index (χ1) is 6.24. The van der Waals surface area contributed by atoms with Crippen molar-refractivity contribution in [3.63, 3.8) is 0 Å². The maximum atomic E-state index is 11.7. The van der Waals surface area contributed by atoms with Crippen molar-refractivity contribution in [1.29, 1.82) is 0 Å². The first kappa shape index (κ1) is 8.48. The lowest BCUT2D eigenvalue weighted by Crippen LogP contribution is -2.31. The Balaban J connectivity index is 2.39. The molecule has 0 spiro atoms. The predicted octanol–water partition coefficient (Wildman–Crippen LogP) is 1.64. The van der Waals surface area contributed by atoms with Gasteiger partial charge < -0.3 is 5.11 Å². The van der Waals surface area contributed by atoms with Crippen LogP contribution in [0.25, 0.3) is 0 Å². The zero-order chi connectivity index (χ0) is 9.42. The summed E-state index contributed by atoms with van der Waals surface area (Å²) in [6.07, 6.45) is 3.93. The molecule has 2 rings (SSSR count). The summed E-state index contributed by atoms with van der Waals surface area (Å²) >= 11 is 0. The normalized spacial score (nSPS) is 36.2. The molecule has 0 saturated heterocycles. The molecule has 0 aromatic heterocycles. The minimum absolute atomic E-state index is 0.0436. The van der Waals surface area contributed by atoms with Gasteiger partial charge in [-0.25, -0.2) is 0 Å². The molecule has 2 unspecified atom stereocenters. The standard InChI is InChI=1S/C10H13NO2/c1-6-8(5-12)10(13)7-3-2-4-9(7)11-6/h5,7,9,12H,2-4H2,1H3/b8-5-. The number of ketones is 1. The number of allylic oxidation sites excluding steroid dienone is 1. The monoisotopic (exact) mass is 179 g/mol. The first-order valence-electron chi connectivity index (χ1n) is 4.67. The molecule has 2 aliphatic rings. The highest BCUT2D eigenvalue weighted by atomic mass is 16.2. The molecule has 3 heteroatoms. The van der Waals surface area contributed by atoms with Crippen LogP contribution >= 0.6 is 0 Å². The molecule has 1 aliphatic heterocycles. The van der Waals surface area contributed by atoms with Crippen LogP contribution in [0.5, 0.6) is 0 Å². The van der Waals surface area contributed by atoms with Crippen molar-refractivity contribution >= 4 is 11.5 Å². The lowest BCUT2D eigenvalue weighted by atomic mass is 9.88. The Morgan fingerprint density at radius 2 is 2.31 bits per heavy atom. The van der Waals surface area contributed by atoms with Crippen molar-refractivity contribution in [3.8, 4) is 0 Å². The summed E-state index contributed by atoms with van der Waals surface area (Å²) in [6.45, 7) is 1.79. The molecule has 0 aromatic rings. The predicted molar refractivity (Wildman–Crippen MR) is 50.0 cm³/mol. The van der Waals surface area contributed by atoms with Crippen LogP contribution < -0.4 is 0 Å². The van der Waals surface area contributed by atoms with E-state index in [1.165, 1.54) is 0 Å². The Kier molecular flexibility index (Phi) is 1.94. The van der Waals surface area contributed by atoms with Crippen molar-refractivity contribution < 1.29 is 9.90 Å². The van der Waals surface area contributed by atoms with Gasteiger partial charge in [0.2, 0.25) is 0 Å². The molecule has 0 bridgehead atoms. The van der Waals surface area contributed by atoms with Crippen LogP contribution in [0, 0.1) is 5.92 Å². The molecule has 0 aromatic carbocycles. The second-order valence-corrected chi connectivity index (χ2v) is 3.73. The van der Waals surface area contributed by atoms with Gasteiger partial charge in [-0.1, -0.05) is 6.42 Å². The van der Waals surface area contributed by atoms with E-state index in [-0.39, 0.29) is 17.7 Å². The van der Waals surface area contributed by atoms with Gasteiger partial charge in [-0.15, -0.1) is 0 Å². The molecular formula is C10H13NO2. The minimum atomic E-state index is 0.0436. The van der Waals surface area contributed by atoms with Crippen molar-refractivity contribution in [2.24, 2.45) is 10.9 Å². The highest BCUT2D eigenvalue weighted by molar-refractivity contribution is 6.23. The van der Waals surface area contributed by atoms with Gasteiger partial charge in [-0.05, 0) is 19.8 Å². The Bertz CT molecular complexity index is 304. The van der Waals surface area contributed by atoms with Gasteiger partial charge in [-0.3, -0.25) is 9.79 Å². The van der Waals surface area contributed by atoms with E-state index in [9.17, 15) is 4.79 Å². The first-order valence-corrected chi connectivity index (χ1v) is 4.67. The summed E-state index contributed by atoms with van der Waals surface area (Å²) in [5.74, 6) is 0.125. The third kappa shape index (κ3) is 1.19. The summed E-state index contributed by atoms with van der Waals surface area (Å²) in [4.78, 5) is 16.2. The summed E-state index contributed by atoms with van der Waals surface area (Å²) < 4.78 is 0. The van der Waals surface area contributed by atoms with Crippen LogP contribution in [-0.2, 0) is 4.79 Å². The highest BCUT2D eigenvalue weighted by Crippen LogP contribution is 2.34. The fraction of sp³-hybridized carbons (Fsp3) is 0.600. The third-order valence-electron chi connectivity index (χ3n) is 2.96. The number of nitrogens with zero attached hydrogens (tertiary/aromatic N) is 1. The van der Waals surface area contributed by atoms with E-state index in [0.29, 0.717) is 11.3 Å². The fourth-order valence-corrected chi connectivity index (χ4v) is 2.25. The number of carbonyl (C=O) groups is 1. The molecule has 3 nitrogen and oxygen atoms in total. The van der Waals surface area contributed by atoms with E-state index >= 15 is 0 Å². The lowest BCUT2D eigenvalue weighted by Gasteiger charge is -2.22. The van der Waals surface area contributed by atoms with E-state index in [0.717, 1.165) is 25.5 Å². The van der Waals surface area contributed by atoms with Gasteiger partial charge in [0.15, 0.2) is 5.78 Å². The molecular weight excluding hydrogens is 166 g/mol. The van der Waals surface area contributed by atoms with E-state index in [1.54, 1.807) is 6.92 Å². The van der Waals surface area contributed by atoms with Gasteiger partial charge in [0, 0.05) is 11.6 Å². The van der Waals surface area contributed by atoms with E-state index < -0.39 is 0 Å². The number of Topliss-reactive ketones (excluding diaryl/α,β-unsaturated/α-hetero) is 1. The fourth-order valence-electron chi connectivity index (χ4n) is 2.25. The minimum Gasteiger partial charge on any atom is -0.515 e. The van der Waals surface area contributed by atoms with Gasteiger partial charge in [0.25, 0.3) is 0 Å². The molecule has 1 aliphatic carbocycles. The molecule has 0 amide bonds. The summed E-state index contributed by atoms with van der Waals surface area (Å²) in [5.41, 5.74) is 1.10. The molecule has 13 heavy (non-hydrogen) atoms. The molecule has 1 saturated carbocycles. The second-order valence-electron chi connectivity index (χ2n) is 3.73. The van der Waals surface area contributed by atoms with Crippen molar-refractivity contribution in [3.05, 3.63) is 11.8 Å². The van der Waals surface area contributed by atoms with Crippen LogP contribution in [0.1, 0.15) is 26.2 Å². The van der Waals surface area contributed by atoms with Crippen molar-refractivity contribution in [2.45, 2.75) is 32.2 Å². The number of hydrogen-bond donors (Lipinski definition) is 1. The highest BCUT2D eigenvalue weighted by Gasteiger charge is 2.38. The quantitative estimate of drug-likeness (QED) is 0.454. The smallest absolute Gasteiger partial charge is 0.172 e. The van der Waals surface area contributed by atoms with Crippen LogP contribution in [0.15, 0.2) is 16.8 Å². The van der Waals surface area contributed by atoms with Crippen molar-refractivity contribution in [2.75, 3.05) is 0 Å². The second kappa shape index (κ2) is 2.98. The average molecular weight is 179 g/mol. The van der Waals surface area contributed by atoms with Gasteiger partial charge in [-0.2, -0.15) is 0 Å².